The molecule has 0 saturated heterocycles. The molecule has 2 aromatic carbocycles. The fraction of sp³-hybridized carbons (Fsp3) is 0.154. The zero-order valence-electron chi connectivity index (χ0n) is 19.0. The van der Waals surface area contributed by atoms with Gasteiger partial charge in [-0.3, -0.25) is 9.78 Å². The van der Waals surface area contributed by atoms with Gasteiger partial charge in [0, 0.05) is 18.3 Å². The SMILES string of the molecule is COC(=O)c1[nH]c2cccc(OC)c2c1C(=O)c1ccc(Cn2c(C)nc3cnccc32)cc1. The van der Waals surface area contributed by atoms with E-state index in [4.69, 9.17) is 9.47 Å². The number of fused-ring (bicyclic) bond motifs is 2. The molecular formula is C26H22N4O4. The average Bonchev–Trinajstić information content (AvgIpc) is 3.41. The normalized spacial score (nSPS) is 11.1. The lowest BCUT2D eigenvalue weighted by molar-refractivity contribution is 0.0592. The van der Waals surface area contributed by atoms with Crippen molar-refractivity contribution in [2.45, 2.75) is 13.5 Å². The highest BCUT2D eigenvalue weighted by Crippen LogP contribution is 2.33. The summed E-state index contributed by atoms with van der Waals surface area (Å²) >= 11 is 0. The van der Waals surface area contributed by atoms with Gasteiger partial charge < -0.3 is 19.0 Å². The van der Waals surface area contributed by atoms with Crippen molar-refractivity contribution >= 4 is 33.7 Å². The van der Waals surface area contributed by atoms with Crippen molar-refractivity contribution in [1.82, 2.24) is 19.5 Å². The van der Waals surface area contributed by atoms with Gasteiger partial charge in [0.15, 0.2) is 5.78 Å². The third-order valence-corrected chi connectivity index (χ3v) is 5.92. The van der Waals surface area contributed by atoms with Gasteiger partial charge in [-0.05, 0) is 30.7 Å². The third kappa shape index (κ3) is 3.49. The number of hydrogen-bond acceptors (Lipinski definition) is 6. The molecule has 0 aliphatic rings. The number of aryl methyl sites for hydroxylation is 1. The van der Waals surface area contributed by atoms with Gasteiger partial charge >= 0.3 is 5.97 Å². The summed E-state index contributed by atoms with van der Waals surface area (Å²) in [6.45, 7) is 2.56. The number of aromatic nitrogens is 4. The number of H-pyrrole nitrogens is 1. The zero-order chi connectivity index (χ0) is 23.8. The molecule has 3 aromatic heterocycles. The summed E-state index contributed by atoms with van der Waals surface area (Å²) in [6.07, 6.45) is 3.49. The van der Waals surface area contributed by atoms with E-state index in [-0.39, 0.29) is 17.0 Å². The Hall–Kier alpha value is -4.46. The number of carbonyl (C=O) groups is 2. The van der Waals surface area contributed by atoms with Gasteiger partial charge in [-0.15, -0.1) is 0 Å². The van der Waals surface area contributed by atoms with Gasteiger partial charge in [0.2, 0.25) is 0 Å². The first-order valence-corrected chi connectivity index (χ1v) is 10.7. The van der Waals surface area contributed by atoms with E-state index in [1.54, 1.807) is 42.7 Å². The van der Waals surface area contributed by atoms with Crippen LogP contribution in [0.2, 0.25) is 0 Å². The molecule has 0 spiro atoms. The maximum atomic E-state index is 13.6. The fourth-order valence-corrected chi connectivity index (χ4v) is 4.26. The molecule has 0 aliphatic carbocycles. The molecule has 1 N–H and O–H groups in total. The number of esters is 1. The summed E-state index contributed by atoms with van der Waals surface area (Å²) in [5.41, 5.74) is 4.27. The summed E-state index contributed by atoms with van der Waals surface area (Å²) in [5, 5.41) is 0.550. The van der Waals surface area contributed by atoms with Gasteiger partial charge in [-0.25, -0.2) is 9.78 Å². The molecule has 5 aromatic rings. The van der Waals surface area contributed by atoms with E-state index in [9.17, 15) is 9.59 Å². The third-order valence-electron chi connectivity index (χ3n) is 5.92. The number of ketones is 1. The highest BCUT2D eigenvalue weighted by molar-refractivity contribution is 6.22. The first-order valence-electron chi connectivity index (χ1n) is 10.7. The molecule has 0 bridgehead atoms. The molecule has 0 unspecified atom stereocenters. The number of imidazole rings is 1. The van der Waals surface area contributed by atoms with E-state index < -0.39 is 5.97 Å². The Balaban J connectivity index is 1.52. The summed E-state index contributed by atoms with van der Waals surface area (Å²) in [4.78, 5) is 37.7. The topological polar surface area (TPSA) is 99.1 Å². The molecule has 8 nitrogen and oxygen atoms in total. The molecule has 170 valence electrons. The molecule has 0 aliphatic heterocycles. The van der Waals surface area contributed by atoms with Crippen molar-refractivity contribution in [3.63, 3.8) is 0 Å². The number of rotatable bonds is 6. The van der Waals surface area contributed by atoms with Gasteiger partial charge in [-0.2, -0.15) is 0 Å². The lowest BCUT2D eigenvalue weighted by atomic mass is 9.98. The summed E-state index contributed by atoms with van der Waals surface area (Å²) in [6, 6.07) is 14.6. The Morgan fingerprint density at radius 3 is 2.59 bits per heavy atom. The van der Waals surface area contributed by atoms with Crippen LogP contribution in [0.1, 0.15) is 37.8 Å². The van der Waals surface area contributed by atoms with Crippen molar-refractivity contribution in [1.29, 1.82) is 0 Å². The average molecular weight is 454 g/mol. The summed E-state index contributed by atoms with van der Waals surface area (Å²) in [7, 11) is 2.81. The number of hydrogen-bond donors (Lipinski definition) is 1. The van der Waals surface area contributed by atoms with Crippen molar-refractivity contribution in [3.05, 3.63) is 89.1 Å². The number of methoxy groups -OCH3 is 2. The number of nitrogens with zero attached hydrogens (tertiary/aromatic N) is 3. The van der Waals surface area contributed by atoms with Crippen molar-refractivity contribution < 1.29 is 19.1 Å². The van der Waals surface area contributed by atoms with E-state index >= 15 is 0 Å². The lowest BCUT2D eigenvalue weighted by Gasteiger charge is -2.09. The number of aromatic amines is 1. The van der Waals surface area contributed by atoms with Gasteiger partial charge in [-0.1, -0.05) is 30.3 Å². The second kappa shape index (κ2) is 8.47. The van der Waals surface area contributed by atoms with Crippen LogP contribution >= 0.6 is 0 Å². The molecule has 8 heteroatoms. The van der Waals surface area contributed by atoms with Crippen LogP contribution in [-0.2, 0) is 11.3 Å². The molecular weight excluding hydrogens is 432 g/mol. The fourth-order valence-electron chi connectivity index (χ4n) is 4.26. The maximum absolute atomic E-state index is 13.6. The van der Waals surface area contributed by atoms with Crippen LogP contribution in [0.15, 0.2) is 60.9 Å². The van der Waals surface area contributed by atoms with E-state index in [1.165, 1.54) is 14.2 Å². The van der Waals surface area contributed by atoms with Crippen molar-refractivity contribution in [2.75, 3.05) is 14.2 Å². The van der Waals surface area contributed by atoms with Crippen LogP contribution in [0.25, 0.3) is 21.9 Å². The minimum atomic E-state index is -0.616. The van der Waals surface area contributed by atoms with Gasteiger partial charge in [0.25, 0.3) is 0 Å². The van der Waals surface area contributed by atoms with Crippen LogP contribution in [0.5, 0.6) is 5.75 Å². The Morgan fingerprint density at radius 1 is 1.06 bits per heavy atom. The van der Waals surface area contributed by atoms with Crippen LogP contribution in [0.3, 0.4) is 0 Å². The first kappa shape index (κ1) is 21.4. The van der Waals surface area contributed by atoms with E-state index in [0.29, 0.717) is 28.8 Å². The molecule has 34 heavy (non-hydrogen) atoms. The van der Waals surface area contributed by atoms with Crippen LogP contribution < -0.4 is 4.74 Å². The number of nitrogens with one attached hydrogen (secondary N) is 1. The molecule has 0 radical (unpaired) electrons. The highest BCUT2D eigenvalue weighted by atomic mass is 16.5. The predicted molar refractivity (Wildman–Crippen MR) is 127 cm³/mol. The maximum Gasteiger partial charge on any atom is 0.355 e. The van der Waals surface area contributed by atoms with Crippen molar-refractivity contribution in [3.8, 4) is 5.75 Å². The minimum Gasteiger partial charge on any atom is -0.496 e. The van der Waals surface area contributed by atoms with E-state index in [0.717, 1.165) is 22.4 Å². The smallest absolute Gasteiger partial charge is 0.355 e. The van der Waals surface area contributed by atoms with Crippen LogP contribution in [0.4, 0.5) is 0 Å². The summed E-state index contributed by atoms with van der Waals surface area (Å²) < 4.78 is 12.5. The van der Waals surface area contributed by atoms with E-state index in [2.05, 4.69) is 19.5 Å². The standard InChI is InChI=1S/C26H22N4O4/c1-15-28-19-13-27-12-11-20(19)30(15)14-16-7-9-17(10-8-16)25(31)23-22-18(5-4-6-21(22)33-2)29-24(23)26(32)34-3/h4-13,29H,14H2,1-3H3. The minimum absolute atomic E-state index is 0.102. The molecule has 5 rings (SSSR count). The quantitative estimate of drug-likeness (QED) is 0.303. The van der Waals surface area contributed by atoms with Gasteiger partial charge in [0.05, 0.1) is 42.4 Å². The monoisotopic (exact) mass is 454 g/mol. The van der Waals surface area contributed by atoms with Crippen LogP contribution in [0, 0.1) is 6.92 Å². The first-order chi connectivity index (χ1) is 16.5. The number of pyridine rings is 1. The molecule has 0 fully saturated rings. The predicted octanol–water partition coefficient (Wildman–Crippen LogP) is 4.30. The van der Waals surface area contributed by atoms with Crippen molar-refractivity contribution in [2.24, 2.45) is 0 Å². The molecule has 0 saturated carbocycles. The Bertz CT molecular complexity index is 1550. The largest absolute Gasteiger partial charge is 0.496 e. The number of benzene rings is 2. The number of ether oxygens (including phenoxy) is 2. The van der Waals surface area contributed by atoms with Gasteiger partial charge in [0.1, 0.15) is 22.8 Å². The zero-order valence-corrected chi connectivity index (χ0v) is 19.0. The molecule has 3 heterocycles. The molecule has 0 amide bonds. The summed E-state index contributed by atoms with van der Waals surface area (Å²) in [5.74, 6) is 0.478. The highest BCUT2D eigenvalue weighted by Gasteiger charge is 2.27. The molecule has 0 atom stereocenters. The van der Waals surface area contributed by atoms with E-state index in [1.807, 2.05) is 25.1 Å². The second-order valence-electron chi connectivity index (χ2n) is 7.89. The Labute approximate surface area is 195 Å². The Kier molecular flexibility index (Phi) is 5.33. The Morgan fingerprint density at radius 2 is 1.85 bits per heavy atom. The lowest BCUT2D eigenvalue weighted by Crippen LogP contribution is -2.11. The second-order valence-corrected chi connectivity index (χ2v) is 7.89. The van der Waals surface area contributed by atoms with Crippen LogP contribution in [-0.4, -0.2) is 45.5 Å². The number of carbonyl (C=O) groups excluding carboxylic acids is 2.